The lowest BCUT2D eigenvalue weighted by atomic mass is 10.0. The predicted molar refractivity (Wildman–Crippen MR) is 96.0 cm³/mol. The van der Waals surface area contributed by atoms with E-state index < -0.39 is 0 Å². The molecule has 2 heterocycles. The van der Waals surface area contributed by atoms with E-state index in [-0.39, 0.29) is 0 Å². The average molecular weight is 374 g/mol. The topological polar surface area (TPSA) is 65.6 Å². The van der Waals surface area contributed by atoms with Gasteiger partial charge in [0, 0.05) is 15.4 Å². The Morgan fingerprint density at radius 1 is 1.27 bits per heavy atom. The van der Waals surface area contributed by atoms with E-state index in [1.54, 1.807) is 11.3 Å². The number of nitrogens with one attached hydrogen (secondary N) is 1. The molecular formula is C17H16BrN3S. The Morgan fingerprint density at radius 3 is 2.82 bits per heavy atom. The Balaban J connectivity index is 2.15. The van der Waals surface area contributed by atoms with Crippen LogP contribution in [0, 0.1) is 11.3 Å². The lowest BCUT2D eigenvalue weighted by Crippen LogP contribution is -1.99. The molecule has 0 saturated carbocycles. The number of aryl methyl sites for hydroxylation is 1. The van der Waals surface area contributed by atoms with Gasteiger partial charge in [-0.1, -0.05) is 0 Å². The average Bonchev–Trinajstić information content (AvgIpc) is 3.10. The number of nitriles is 1. The molecule has 0 aliphatic rings. The number of H-pyrrole nitrogens is 1. The van der Waals surface area contributed by atoms with Crippen LogP contribution in [-0.2, 0) is 6.42 Å². The summed E-state index contributed by atoms with van der Waals surface area (Å²) in [6, 6.07) is 10.1. The zero-order valence-electron chi connectivity index (χ0n) is 12.0. The number of nitrogens with two attached hydrogens (primary N) is 1. The Hall–Kier alpha value is -1.61. The van der Waals surface area contributed by atoms with Gasteiger partial charge in [-0.05, 0) is 76.9 Å². The van der Waals surface area contributed by atoms with Crippen LogP contribution < -0.4 is 5.73 Å². The Bertz CT molecular complexity index is 841. The highest BCUT2D eigenvalue weighted by atomic mass is 79.9. The number of hydrogen-bond donors (Lipinski definition) is 2. The van der Waals surface area contributed by atoms with Crippen LogP contribution in [0.1, 0.15) is 24.0 Å². The molecule has 3 nitrogen and oxygen atoms in total. The van der Waals surface area contributed by atoms with Crippen LogP contribution in [0.25, 0.3) is 21.5 Å². The number of rotatable bonds is 5. The SMILES string of the molecule is N#Cc1ccc2[nH]c(-c3sccc3Br)c(CCCCN)c2c1. The van der Waals surface area contributed by atoms with Gasteiger partial charge in [0.25, 0.3) is 0 Å². The zero-order chi connectivity index (χ0) is 15.5. The van der Waals surface area contributed by atoms with E-state index in [1.807, 2.05) is 18.2 Å². The summed E-state index contributed by atoms with van der Waals surface area (Å²) in [4.78, 5) is 4.73. The predicted octanol–water partition coefficient (Wildman–Crippen LogP) is 4.81. The van der Waals surface area contributed by atoms with Crippen molar-refractivity contribution in [1.29, 1.82) is 5.26 Å². The number of hydrogen-bond acceptors (Lipinski definition) is 3. The fourth-order valence-corrected chi connectivity index (χ4v) is 4.29. The summed E-state index contributed by atoms with van der Waals surface area (Å²) in [5.41, 5.74) is 9.84. The summed E-state index contributed by atoms with van der Waals surface area (Å²) in [6.45, 7) is 0.712. The van der Waals surface area contributed by atoms with E-state index in [9.17, 15) is 0 Å². The molecule has 0 aliphatic heterocycles. The molecule has 3 N–H and O–H groups in total. The summed E-state index contributed by atoms with van der Waals surface area (Å²) in [7, 11) is 0. The lowest BCUT2D eigenvalue weighted by molar-refractivity contribution is 0.748. The van der Waals surface area contributed by atoms with Gasteiger partial charge in [-0.25, -0.2) is 0 Å². The normalized spacial score (nSPS) is 11.0. The van der Waals surface area contributed by atoms with Crippen LogP contribution in [0.15, 0.2) is 34.1 Å². The molecule has 0 radical (unpaired) electrons. The molecule has 5 heteroatoms. The third-order valence-electron chi connectivity index (χ3n) is 3.76. The van der Waals surface area contributed by atoms with Crippen LogP contribution >= 0.6 is 27.3 Å². The highest BCUT2D eigenvalue weighted by Gasteiger charge is 2.16. The molecule has 1 aromatic carbocycles. The van der Waals surface area contributed by atoms with Crippen molar-refractivity contribution >= 4 is 38.2 Å². The smallest absolute Gasteiger partial charge is 0.0991 e. The first-order valence-electron chi connectivity index (χ1n) is 7.22. The quantitative estimate of drug-likeness (QED) is 0.630. The Labute approximate surface area is 141 Å². The minimum absolute atomic E-state index is 0.698. The molecule has 0 saturated heterocycles. The van der Waals surface area contributed by atoms with Gasteiger partial charge in [0.05, 0.1) is 22.2 Å². The van der Waals surface area contributed by atoms with E-state index in [0.29, 0.717) is 12.1 Å². The molecule has 0 spiro atoms. The second-order valence-corrected chi connectivity index (χ2v) is 6.96. The monoisotopic (exact) mass is 373 g/mol. The van der Waals surface area contributed by atoms with Gasteiger partial charge < -0.3 is 10.7 Å². The van der Waals surface area contributed by atoms with Crippen molar-refractivity contribution in [2.45, 2.75) is 19.3 Å². The maximum Gasteiger partial charge on any atom is 0.0991 e. The first kappa shape index (κ1) is 15.3. The number of thiophene rings is 1. The van der Waals surface area contributed by atoms with Gasteiger partial charge in [-0.2, -0.15) is 5.26 Å². The van der Waals surface area contributed by atoms with E-state index in [0.717, 1.165) is 40.3 Å². The number of aromatic nitrogens is 1. The van der Waals surface area contributed by atoms with Crippen molar-refractivity contribution in [2.24, 2.45) is 5.73 Å². The van der Waals surface area contributed by atoms with Crippen molar-refractivity contribution in [2.75, 3.05) is 6.54 Å². The van der Waals surface area contributed by atoms with Crippen LogP contribution in [0.4, 0.5) is 0 Å². The standard InChI is InChI=1S/C17H16BrN3S/c18-14-6-8-22-17(14)16-12(3-1-2-7-19)13-9-11(10-20)4-5-15(13)21-16/h4-6,8-9,21H,1-3,7,19H2. The molecule has 3 aromatic rings. The maximum absolute atomic E-state index is 9.15. The minimum atomic E-state index is 0.698. The summed E-state index contributed by atoms with van der Waals surface area (Å²) < 4.78 is 1.10. The molecule has 0 fully saturated rings. The zero-order valence-corrected chi connectivity index (χ0v) is 14.4. The first-order chi connectivity index (χ1) is 10.7. The second kappa shape index (κ2) is 6.66. The van der Waals surface area contributed by atoms with Crippen molar-refractivity contribution in [3.8, 4) is 16.6 Å². The van der Waals surface area contributed by atoms with Crippen LogP contribution in [0.2, 0.25) is 0 Å². The van der Waals surface area contributed by atoms with Gasteiger partial charge >= 0.3 is 0 Å². The molecule has 3 rings (SSSR count). The first-order valence-corrected chi connectivity index (χ1v) is 8.90. The maximum atomic E-state index is 9.15. The number of fused-ring (bicyclic) bond motifs is 1. The Kier molecular flexibility index (Phi) is 4.63. The summed E-state index contributed by atoms with van der Waals surface area (Å²) in [5.74, 6) is 0. The summed E-state index contributed by atoms with van der Waals surface area (Å²) >= 11 is 5.34. The Morgan fingerprint density at radius 2 is 2.14 bits per heavy atom. The molecule has 2 aromatic heterocycles. The minimum Gasteiger partial charge on any atom is -0.354 e. The third kappa shape index (κ3) is 2.82. The highest BCUT2D eigenvalue weighted by Crippen LogP contribution is 2.38. The molecular weight excluding hydrogens is 358 g/mol. The van der Waals surface area contributed by atoms with Crippen LogP contribution in [0.5, 0.6) is 0 Å². The number of nitrogens with zero attached hydrogens (tertiary/aromatic N) is 1. The molecule has 0 unspecified atom stereocenters. The van der Waals surface area contributed by atoms with Gasteiger partial charge in [0.2, 0.25) is 0 Å². The van der Waals surface area contributed by atoms with Crippen molar-refractivity contribution in [1.82, 2.24) is 4.98 Å². The molecule has 112 valence electrons. The second-order valence-electron chi connectivity index (χ2n) is 5.19. The third-order valence-corrected chi connectivity index (χ3v) is 5.62. The molecule has 0 aliphatic carbocycles. The fraction of sp³-hybridized carbons (Fsp3) is 0.235. The van der Waals surface area contributed by atoms with Crippen molar-refractivity contribution in [3.05, 3.63) is 45.2 Å². The van der Waals surface area contributed by atoms with Crippen molar-refractivity contribution in [3.63, 3.8) is 0 Å². The number of benzene rings is 1. The van der Waals surface area contributed by atoms with Gasteiger partial charge in [-0.3, -0.25) is 0 Å². The largest absolute Gasteiger partial charge is 0.354 e. The molecule has 0 amide bonds. The van der Waals surface area contributed by atoms with E-state index in [1.165, 1.54) is 10.4 Å². The van der Waals surface area contributed by atoms with E-state index in [2.05, 4.69) is 38.4 Å². The van der Waals surface area contributed by atoms with Gasteiger partial charge in [0.1, 0.15) is 0 Å². The van der Waals surface area contributed by atoms with E-state index >= 15 is 0 Å². The lowest BCUT2D eigenvalue weighted by Gasteiger charge is -2.04. The number of halogens is 1. The van der Waals surface area contributed by atoms with Crippen LogP contribution in [-0.4, -0.2) is 11.5 Å². The summed E-state index contributed by atoms with van der Waals surface area (Å²) in [6.07, 6.45) is 3.03. The number of aromatic amines is 1. The van der Waals surface area contributed by atoms with Gasteiger partial charge in [0.15, 0.2) is 0 Å². The van der Waals surface area contributed by atoms with Crippen LogP contribution in [0.3, 0.4) is 0 Å². The molecule has 0 atom stereocenters. The van der Waals surface area contributed by atoms with Gasteiger partial charge in [-0.15, -0.1) is 11.3 Å². The molecule has 22 heavy (non-hydrogen) atoms. The highest BCUT2D eigenvalue weighted by molar-refractivity contribution is 9.10. The summed E-state index contributed by atoms with van der Waals surface area (Å²) in [5, 5.41) is 12.4. The van der Waals surface area contributed by atoms with Crippen molar-refractivity contribution < 1.29 is 0 Å². The molecule has 0 bridgehead atoms. The van der Waals surface area contributed by atoms with E-state index in [4.69, 9.17) is 11.0 Å². The number of unbranched alkanes of at least 4 members (excludes halogenated alkanes) is 1. The fourth-order valence-electron chi connectivity index (χ4n) is 2.69.